The van der Waals surface area contributed by atoms with E-state index in [9.17, 15) is 10.2 Å². The van der Waals surface area contributed by atoms with Gasteiger partial charge in [0.05, 0.1) is 0 Å². The number of aliphatic imine (C=N–C) groups is 2. The SMILES string of the molecule is CC1c2ccccc2-c2cc(O)c(C=NCCCN=Cc3cc4c(cc3O)-c3ccccc3C4(C)C)cc21. The fourth-order valence-electron chi connectivity index (χ4n) is 6.04. The summed E-state index contributed by atoms with van der Waals surface area (Å²) in [5.74, 6) is 0.812. The molecule has 0 heterocycles. The molecule has 1 unspecified atom stereocenters. The van der Waals surface area contributed by atoms with Crippen molar-refractivity contribution in [3.05, 3.63) is 106 Å². The highest BCUT2D eigenvalue weighted by Gasteiger charge is 2.35. The molecule has 0 amide bonds. The van der Waals surface area contributed by atoms with Gasteiger partial charge in [-0.15, -0.1) is 0 Å². The summed E-state index contributed by atoms with van der Waals surface area (Å²) in [6, 6.07) is 24.7. The van der Waals surface area contributed by atoms with Gasteiger partial charge in [0.1, 0.15) is 11.5 Å². The molecule has 0 bridgehead atoms. The molecule has 4 aromatic carbocycles. The first-order valence-electron chi connectivity index (χ1n) is 13.3. The highest BCUT2D eigenvalue weighted by molar-refractivity contribution is 5.90. The maximum Gasteiger partial charge on any atom is 0.124 e. The summed E-state index contributed by atoms with van der Waals surface area (Å²) in [6.45, 7) is 7.89. The molecule has 6 rings (SSSR count). The van der Waals surface area contributed by atoms with E-state index in [4.69, 9.17) is 0 Å². The fraction of sp³-hybridized carbons (Fsp3) is 0.235. The summed E-state index contributed by atoms with van der Waals surface area (Å²) in [4.78, 5) is 9.10. The standard InChI is InChI=1S/C34H32N2O2/c1-21-24-9-4-5-10-25(24)28-17-32(37)22(15-27(21)28)19-35-13-8-14-36-20-23-16-31-29(18-33(23)38)26-11-6-7-12-30(26)34(31,2)3/h4-7,9-12,15-21,37-38H,8,13-14H2,1-3H3. The number of benzene rings is 4. The van der Waals surface area contributed by atoms with Gasteiger partial charge in [0.25, 0.3) is 0 Å². The van der Waals surface area contributed by atoms with Crippen LogP contribution in [0.3, 0.4) is 0 Å². The van der Waals surface area contributed by atoms with Crippen molar-refractivity contribution < 1.29 is 10.2 Å². The van der Waals surface area contributed by atoms with Gasteiger partial charge in [-0.25, -0.2) is 0 Å². The molecule has 0 fully saturated rings. The van der Waals surface area contributed by atoms with E-state index in [1.165, 1.54) is 33.4 Å². The molecule has 2 aliphatic carbocycles. The molecule has 0 spiro atoms. The van der Waals surface area contributed by atoms with Gasteiger partial charge in [-0.2, -0.15) is 0 Å². The average Bonchev–Trinajstić information content (AvgIpc) is 3.31. The molecular weight excluding hydrogens is 468 g/mol. The first kappa shape index (κ1) is 24.2. The lowest BCUT2D eigenvalue weighted by Gasteiger charge is -2.21. The molecule has 38 heavy (non-hydrogen) atoms. The third-order valence-corrected chi connectivity index (χ3v) is 8.15. The third-order valence-electron chi connectivity index (χ3n) is 8.15. The quantitative estimate of drug-likeness (QED) is 0.213. The summed E-state index contributed by atoms with van der Waals surface area (Å²) < 4.78 is 0. The van der Waals surface area contributed by atoms with Crippen molar-refractivity contribution in [1.82, 2.24) is 0 Å². The molecule has 2 N–H and O–H groups in total. The molecule has 0 aliphatic heterocycles. The Hall–Kier alpha value is -4.18. The second-order valence-electron chi connectivity index (χ2n) is 10.9. The average molecular weight is 501 g/mol. The number of hydrogen-bond donors (Lipinski definition) is 2. The minimum Gasteiger partial charge on any atom is -0.507 e. The smallest absolute Gasteiger partial charge is 0.124 e. The Morgan fingerprint density at radius 2 is 1.29 bits per heavy atom. The van der Waals surface area contributed by atoms with E-state index in [1.54, 1.807) is 12.4 Å². The lowest BCUT2D eigenvalue weighted by molar-refractivity contribution is 0.474. The summed E-state index contributed by atoms with van der Waals surface area (Å²) in [7, 11) is 0. The Bertz CT molecular complexity index is 1610. The van der Waals surface area contributed by atoms with Crippen LogP contribution >= 0.6 is 0 Å². The van der Waals surface area contributed by atoms with Crippen LogP contribution in [0.15, 0.2) is 82.8 Å². The Labute approximate surface area is 224 Å². The summed E-state index contributed by atoms with van der Waals surface area (Å²) in [6.07, 6.45) is 4.31. The van der Waals surface area contributed by atoms with Crippen molar-refractivity contribution in [2.24, 2.45) is 9.98 Å². The highest BCUT2D eigenvalue weighted by atomic mass is 16.3. The number of phenolic OH excluding ortho intramolecular Hbond substituents is 2. The largest absolute Gasteiger partial charge is 0.507 e. The van der Waals surface area contributed by atoms with Gasteiger partial charge in [0, 0.05) is 48.0 Å². The van der Waals surface area contributed by atoms with Crippen LogP contribution in [0.4, 0.5) is 0 Å². The second-order valence-corrected chi connectivity index (χ2v) is 10.9. The van der Waals surface area contributed by atoms with Gasteiger partial charge in [0.2, 0.25) is 0 Å². The molecule has 0 saturated carbocycles. The van der Waals surface area contributed by atoms with Crippen LogP contribution in [0.1, 0.15) is 66.5 Å². The zero-order valence-corrected chi connectivity index (χ0v) is 22.1. The number of fused-ring (bicyclic) bond motifs is 6. The maximum atomic E-state index is 10.7. The zero-order chi connectivity index (χ0) is 26.4. The number of hydrogen-bond acceptors (Lipinski definition) is 4. The van der Waals surface area contributed by atoms with Crippen molar-refractivity contribution in [1.29, 1.82) is 0 Å². The van der Waals surface area contributed by atoms with E-state index in [1.807, 2.05) is 24.3 Å². The van der Waals surface area contributed by atoms with Crippen molar-refractivity contribution in [2.45, 2.75) is 38.5 Å². The fourth-order valence-corrected chi connectivity index (χ4v) is 6.04. The van der Waals surface area contributed by atoms with E-state index in [-0.39, 0.29) is 16.9 Å². The van der Waals surface area contributed by atoms with E-state index in [2.05, 4.69) is 79.3 Å². The molecule has 4 heteroatoms. The van der Waals surface area contributed by atoms with Crippen molar-refractivity contribution in [2.75, 3.05) is 13.1 Å². The molecular formula is C34H32N2O2. The highest BCUT2D eigenvalue weighted by Crippen LogP contribution is 2.50. The predicted molar refractivity (Wildman–Crippen MR) is 156 cm³/mol. The van der Waals surface area contributed by atoms with E-state index in [0.717, 1.165) is 28.7 Å². The minimum atomic E-state index is -0.110. The Morgan fingerprint density at radius 3 is 2.03 bits per heavy atom. The molecule has 1 atom stereocenters. The van der Waals surface area contributed by atoms with Crippen LogP contribution in [0.25, 0.3) is 22.3 Å². The molecule has 4 aromatic rings. The Balaban J connectivity index is 1.09. The number of nitrogens with zero attached hydrogens (tertiary/aromatic N) is 2. The van der Waals surface area contributed by atoms with E-state index < -0.39 is 0 Å². The van der Waals surface area contributed by atoms with Gasteiger partial charge in [-0.1, -0.05) is 69.3 Å². The van der Waals surface area contributed by atoms with Crippen LogP contribution in [0.5, 0.6) is 11.5 Å². The monoisotopic (exact) mass is 500 g/mol. The van der Waals surface area contributed by atoms with Gasteiger partial charge in [0.15, 0.2) is 0 Å². The normalized spacial score (nSPS) is 16.6. The van der Waals surface area contributed by atoms with Crippen LogP contribution in [0.2, 0.25) is 0 Å². The number of rotatable bonds is 6. The Morgan fingerprint density at radius 1 is 0.684 bits per heavy atom. The first-order chi connectivity index (χ1) is 18.4. The van der Waals surface area contributed by atoms with Gasteiger partial charge >= 0.3 is 0 Å². The van der Waals surface area contributed by atoms with Crippen LogP contribution < -0.4 is 0 Å². The summed E-state index contributed by atoms with van der Waals surface area (Å²) in [5, 5.41) is 21.3. The van der Waals surface area contributed by atoms with Crippen molar-refractivity contribution in [3.8, 4) is 33.8 Å². The van der Waals surface area contributed by atoms with E-state index >= 15 is 0 Å². The van der Waals surface area contributed by atoms with Crippen molar-refractivity contribution in [3.63, 3.8) is 0 Å². The van der Waals surface area contributed by atoms with Gasteiger partial charge < -0.3 is 10.2 Å². The summed E-state index contributed by atoms with van der Waals surface area (Å²) >= 11 is 0. The molecule has 0 saturated heterocycles. The molecule has 0 radical (unpaired) electrons. The van der Waals surface area contributed by atoms with Crippen LogP contribution in [0, 0.1) is 0 Å². The lowest BCUT2D eigenvalue weighted by atomic mass is 9.82. The molecule has 0 aromatic heterocycles. The zero-order valence-electron chi connectivity index (χ0n) is 22.1. The number of aromatic hydroxyl groups is 2. The second kappa shape index (κ2) is 9.29. The minimum absolute atomic E-state index is 0.110. The topological polar surface area (TPSA) is 65.2 Å². The van der Waals surface area contributed by atoms with Crippen molar-refractivity contribution >= 4 is 12.4 Å². The van der Waals surface area contributed by atoms with Crippen LogP contribution in [-0.4, -0.2) is 35.7 Å². The predicted octanol–water partition coefficient (Wildman–Crippen LogP) is 7.46. The molecule has 2 aliphatic rings. The van der Waals surface area contributed by atoms with Gasteiger partial charge in [-0.3, -0.25) is 9.98 Å². The third kappa shape index (κ3) is 3.92. The van der Waals surface area contributed by atoms with E-state index in [0.29, 0.717) is 19.0 Å². The summed E-state index contributed by atoms with van der Waals surface area (Å²) in [5.41, 5.74) is 11.0. The maximum absolute atomic E-state index is 10.7. The molecule has 4 nitrogen and oxygen atoms in total. The van der Waals surface area contributed by atoms with Crippen LogP contribution in [-0.2, 0) is 5.41 Å². The van der Waals surface area contributed by atoms with Gasteiger partial charge in [-0.05, 0) is 75.2 Å². The number of phenols is 2. The first-order valence-corrected chi connectivity index (χ1v) is 13.3. The Kier molecular flexibility index (Phi) is 5.91. The molecule has 190 valence electrons. The lowest BCUT2D eigenvalue weighted by Crippen LogP contribution is -2.15.